The van der Waals surface area contributed by atoms with Crippen molar-refractivity contribution in [2.75, 3.05) is 0 Å². The van der Waals surface area contributed by atoms with E-state index in [1.807, 2.05) is 0 Å². The van der Waals surface area contributed by atoms with Crippen molar-refractivity contribution >= 4 is 11.9 Å². The molecule has 1 aromatic heterocycles. The number of hydrogen-bond acceptors (Lipinski definition) is 3. The summed E-state index contributed by atoms with van der Waals surface area (Å²) in [5.41, 5.74) is 0.333. The number of amides is 1. The standard InChI is InChI=1S/C11H13N3O3/c1-14-5-9(12-6-14)10(15)13-8-3-2-7(4-8)11(16)17/h2-3,5-8H,4H2,1H3,(H,13,15)(H,16,17). The molecule has 6 heteroatoms. The van der Waals surface area contributed by atoms with Gasteiger partial charge in [-0.15, -0.1) is 0 Å². The fourth-order valence-corrected chi connectivity index (χ4v) is 1.76. The van der Waals surface area contributed by atoms with Gasteiger partial charge in [-0.05, 0) is 6.42 Å². The molecule has 17 heavy (non-hydrogen) atoms. The van der Waals surface area contributed by atoms with Gasteiger partial charge in [-0.1, -0.05) is 12.2 Å². The van der Waals surface area contributed by atoms with Gasteiger partial charge in [-0.25, -0.2) is 4.98 Å². The number of rotatable bonds is 3. The molecule has 1 amide bonds. The number of carboxylic acids is 1. The quantitative estimate of drug-likeness (QED) is 0.732. The Labute approximate surface area is 98.0 Å². The number of carbonyl (C=O) groups is 2. The molecule has 0 fully saturated rings. The zero-order valence-electron chi connectivity index (χ0n) is 9.33. The molecule has 0 spiro atoms. The van der Waals surface area contributed by atoms with Crippen molar-refractivity contribution in [3.63, 3.8) is 0 Å². The van der Waals surface area contributed by atoms with Crippen LogP contribution in [-0.4, -0.2) is 32.6 Å². The van der Waals surface area contributed by atoms with Gasteiger partial charge in [-0.3, -0.25) is 9.59 Å². The predicted octanol–water partition coefficient (Wildman–Crippen LogP) is 0.179. The van der Waals surface area contributed by atoms with Crippen molar-refractivity contribution < 1.29 is 14.7 Å². The molecule has 0 bridgehead atoms. The van der Waals surface area contributed by atoms with Crippen LogP contribution in [0.2, 0.25) is 0 Å². The maximum Gasteiger partial charge on any atom is 0.310 e. The summed E-state index contributed by atoms with van der Waals surface area (Å²) < 4.78 is 1.68. The van der Waals surface area contributed by atoms with E-state index < -0.39 is 11.9 Å². The van der Waals surface area contributed by atoms with Crippen LogP contribution in [0.1, 0.15) is 16.9 Å². The largest absolute Gasteiger partial charge is 0.481 e. The highest BCUT2D eigenvalue weighted by molar-refractivity contribution is 5.92. The molecule has 1 aromatic rings. The Morgan fingerprint density at radius 1 is 1.53 bits per heavy atom. The first-order valence-corrected chi connectivity index (χ1v) is 5.26. The number of hydrogen-bond donors (Lipinski definition) is 2. The molecule has 1 heterocycles. The van der Waals surface area contributed by atoms with Crippen molar-refractivity contribution in [3.05, 3.63) is 30.4 Å². The van der Waals surface area contributed by atoms with E-state index >= 15 is 0 Å². The van der Waals surface area contributed by atoms with E-state index in [1.54, 1.807) is 36.3 Å². The lowest BCUT2D eigenvalue weighted by Gasteiger charge is -2.10. The summed E-state index contributed by atoms with van der Waals surface area (Å²) in [6.07, 6.45) is 6.86. The highest BCUT2D eigenvalue weighted by Gasteiger charge is 2.25. The van der Waals surface area contributed by atoms with Gasteiger partial charge in [0.1, 0.15) is 5.69 Å². The highest BCUT2D eigenvalue weighted by atomic mass is 16.4. The lowest BCUT2D eigenvalue weighted by atomic mass is 10.1. The summed E-state index contributed by atoms with van der Waals surface area (Å²) in [6.45, 7) is 0. The Morgan fingerprint density at radius 2 is 2.29 bits per heavy atom. The molecule has 2 rings (SSSR count). The second kappa shape index (κ2) is 4.40. The van der Waals surface area contributed by atoms with Gasteiger partial charge in [0, 0.05) is 19.3 Å². The van der Waals surface area contributed by atoms with Gasteiger partial charge in [-0.2, -0.15) is 0 Å². The zero-order valence-corrected chi connectivity index (χ0v) is 9.33. The van der Waals surface area contributed by atoms with E-state index in [2.05, 4.69) is 10.3 Å². The first-order valence-electron chi connectivity index (χ1n) is 5.26. The number of aromatic nitrogens is 2. The molecule has 6 nitrogen and oxygen atoms in total. The molecule has 90 valence electrons. The van der Waals surface area contributed by atoms with Crippen LogP contribution in [0.3, 0.4) is 0 Å². The van der Waals surface area contributed by atoms with Crippen LogP contribution in [0.4, 0.5) is 0 Å². The number of aliphatic carboxylic acids is 1. The minimum Gasteiger partial charge on any atom is -0.481 e. The second-order valence-corrected chi connectivity index (χ2v) is 4.07. The summed E-state index contributed by atoms with van der Waals surface area (Å²) in [5.74, 6) is -1.66. The van der Waals surface area contributed by atoms with Crippen molar-refractivity contribution in [2.45, 2.75) is 12.5 Å². The molecular weight excluding hydrogens is 222 g/mol. The third kappa shape index (κ3) is 2.52. The number of nitrogens with zero attached hydrogens (tertiary/aromatic N) is 2. The van der Waals surface area contributed by atoms with E-state index in [0.717, 1.165) is 0 Å². The topological polar surface area (TPSA) is 84.2 Å². The number of imidazole rings is 1. The Morgan fingerprint density at radius 3 is 2.82 bits per heavy atom. The molecule has 0 saturated carbocycles. The summed E-state index contributed by atoms with van der Waals surface area (Å²) in [7, 11) is 1.78. The van der Waals surface area contributed by atoms with E-state index in [-0.39, 0.29) is 11.9 Å². The lowest BCUT2D eigenvalue weighted by Crippen LogP contribution is -2.33. The van der Waals surface area contributed by atoms with E-state index in [4.69, 9.17) is 5.11 Å². The molecule has 2 atom stereocenters. The van der Waals surface area contributed by atoms with E-state index in [9.17, 15) is 9.59 Å². The Kier molecular flexibility index (Phi) is 2.95. The monoisotopic (exact) mass is 235 g/mol. The molecule has 1 aliphatic carbocycles. The predicted molar refractivity (Wildman–Crippen MR) is 59.3 cm³/mol. The summed E-state index contributed by atoms with van der Waals surface area (Å²) in [4.78, 5) is 26.4. The van der Waals surface area contributed by atoms with Crippen molar-refractivity contribution in [2.24, 2.45) is 13.0 Å². The molecule has 0 aliphatic heterocycles. The Hall–Kier alpha value is -2.11. The van der Waals surface area contributed by atoms with Crippen LogP contribution in [0.15, 0.2) is 24.7 Å². The number of carbonyl (C=O) groups excluding carboxylic acids is 1. The molecular formula is C11H13N3O3. The molecule has 1 aliphatic rings. The minimum absolute atomic E-state index is 0.231. The molecule has 0 saturated heterocycles. The van der Waals surface area contributed by atoms with Crippen LogP contribution in [0, 0.1) is 5.92 Å². The summed E-state index contributed by atoms with van der Waals surface area (Å²) >= 11 is 0. The zero-order chi connectivity index (χ0) is 12.4. The normalized spacial score (nSPS) is 22.6. The third-order valence-corrected chi connectivity index (χ3v) is 2.65. The average Bonchev–Trinajstić information content (AvgIpc) is 2.86. The molecule has 2 unspecified atom stereocenters. The fourth-order valence-electron chi connectivity index (χ4n) is 1.76. The third-order valence-electron chi connectivity index (χ3n) is 2.65. The van der Waals surface area contributed by atoms with Crippen LogP contribution >= 0.6 is 0 Å². The van der Waals surface area contributed by atoms with Crippen molar-refractivity contribution in [3.8, 4) is 0 Å². The fraction of sp³-hybridized carbons (Fsp3) is 0.364. The van der Waals surface area contributed by atoms with Gasteiger partial charge in [0.15, 0.2) is 0 Å². The lowest BCUT2D eigenvalue weighted by molar-refractivity contribution is -0.140. The first-order chi connectivity index (χ1) is 8.06. The van der Waals surface area contributed by atoms with Crippen LogP contribution in [0.5, 0.6) is 0 Å². The van der Waals surface area contributed by atoms with Gasteiger partial charge in [0.2, 0.25) is 0 Å². The first kappa shape index (κ1) is 11.4. The van der Waals surface area contributed by atoms with Crippen molar-refractivity contribution in [1.29, 1.82) is 0 Å². The summed E-state index contributed by atoms with van der Waals surface area (Å²) in [5, 5.41) is 11.5. The summed E-state index contributed by atoms with van der Waals surface area (Å²) in [6, 6.07) is -0.231. The van der Waals surface area contributed by atoms with Gasteiger partial charge < -0.3 is 15.0 Å². The van der Waals surface area contributed by atoms with Gasteiger partial charge >= 0.3 is 5.97 Å². The smallest absolute Gasteiger partial charge is 0.310 e. The van der Waals surface area contributed by atoms with E-state index in [1.165, 1.54) is 0 Å². The van der Waals surface area contributed by atoms with Crippen LogP contribution in [-0.2, 0) is 11.8 Å². The number of carboxylic acid groups (broad SMARTS) is 1. The number of aryl methyl sites for hydroxylation is 1. The van der Waals surface area contributed by atoms with Gasteiger partial charge in [0.25, 0.3) is 5.91 Å². The molecule has 2 N–H and O–H groups in total. The second-order valence-electron chi connectivity index (χ2n) is 4.07. The van der Waals surface area contributed by atoms with Crippen LogP contribution in [0.25, 0.3) is 0 Å². The Bertz CT molecular complexity index is 478. The Balaban J connectivity index is 1.93. The average molecular weight is 235 g/mol. The van der Waals surface area contributed by atoms with Gasteiger partial charge in [0.05, 0.1) is 12.2 Å². The molecule has 0 radical (unpaired) electrons. The SMILES string of the molecule is Cn1cnc(C(=O)NC2C=CC(C(=O)O)C2)c1. The highest BCUT2D eigenvalue weighted by Crippen LogP contribution is 2.18. The minimum atomic E-state index is -0.865. The maximum atomic E-state index is 11.7. The van der Waals surface area contributed by atoms with Crippen LogP contribution < -0.4 is 5.32 Å². The molecule has 0 aromatic carbocycles. The van der Waals surface area contributed by atoms with E-state index in [0.29, 0.717) is 12.1 Å². The maximum absolute atomic E-state index is 11.7. The number of nitrogens with one attached hydrogen (secondary N) is 1. The van der Waals surface area contributed by atoms with Crippen molar-refractivity contribution in [1.82, 2.24) is 14.9 Å².